The second-order valence-corrected chi connectivity index (χ2v) is 18.9. The minimum Gasteiger partial charge on any atom is -0.378 e. The molecule has 2 heterocycles. The molecule has 5 rings (SSSR count). The average Bonchev–Trinajstić information content (AvgIpc) is 3.07. The van der Waals surface area contributed by atoms with Gasteiger partial charge in [-0.1, -0.05) is 26.2 Å². The largest absolute Gasteiger partial charge is 0.378 e. The van der Waals surface area contributed by atoms with Crippen LogP contribution in [0.2, 0.25) is 0 Å². The van der Waals surface area contributed by atoms with E-state index in [4.69, 9.17) is 0 Å². The highest BCUT2D eigenvalue weighted by molar-refractivity contribution is 7.89. The monoisotopic (exact) mass is 734 g/mol. The number of halogens is 1. The maximum Gasteiger partial charge on any atom is 0.282 e. The van der Waals surface area contributed by atoms with Crippen molar-refractivity contribution in [2.24, 2.45) is 11.8 Å². The molecule has 2 aromatic rings. The van der Waals surface area contributed by atoms with Crippen LogP contribution in [0.15, 0.2) is 47.4 Å². The van der Waals surface area contributed by atoms with Gasteiger partial charge in [0, 0.05) is 83.9 Å². The van der Waals surface area contributed by atoms with Gasteiger partial charge in [0.15, 0.2) is 0 Å². The Balaban J connectivity index is 1.37. The fraction of sp³-hybridized carbons (Fsp3) is 0.676. The molecule has 3 aliphatic rings. The Morgan fingerprint density at radius 1 is 0.760 bits per heavy atom. The van der Waals surface area contributed by atoms with E-state index in [2.05, 4.69) is 9.80 Å². The Kier molecular flexibility index (Phi) is 13.3. The molecule has 2 aromatic carbocycles. The van der Waals surface area contributed by atoms with Gasteiger partial charge in [-0.2, -0.15) is 21.3 Å². The van der Waals surface area contributed by atoms with Crippen LogP contribution in [0.3, 0.4) is 0 Å². The lowest BCUT2D eigenvalue weighted by Crippen LogP contribution is -2.58. The summed E-state index contributed by atoms with van der Waals surface area (Å²) in [6.07, 6.45) is 7.70. The highest BCUT2D eigenvalue weighted by Gasteiger charge is 2.38. The molecule has 0 unspecified atom stereocenters. The number of hydrogen-bond donors (Lipinski definition) is 0. The zero-order chi connectivity index (χ0) is 36.1. The van der Waals surface area contributed by atoms with E-state index in [1.807, 2.05) is 51.9 Å². The third kappa shape index (κ3) is 9.57. The molecule has 2 atom stereocenters. The van der Waals surface area contributed by atoms with Crippen LogP contribution in [0.4, 0.5) is 15.8 Å². The van der Waals surface area contributed by atoms with Crippen molar-refractivity contribution < 1.29 is 21.2 Å². The minimum absolute atomic E-state index is 0.225. The van der Waals surface area contributed by atoms with Gasteiger partial charge in [0.1, 0.15) is 5.82 Å². The van der Waals surface area contributed by atoms with Gasteiger partial charge < -0.3 is 14.7 Å². The summed E-state index contributed by atoms with van der Waals surface area (Å²) in [6.45, 7) is 10.9. The van der Waals surface area contributed by atoms with Crippen LogP contribution in [-0.2, 0) is 20.2 Å². The van der Waals surface area contributed by atoms with Crippen LogP contribution in [-0.4, -0.2) is 120 Å². The van der Waals surface area contributed by atoms with Crippen molar-refractivity contribution in [3.63, 3.8) is 0 Å². The maximum atomic E-state index is 14.5. The molecule has 50 heavy (non-hydrogen) atoms. The van der Waals surface area contributed by atoms with E-state index in [1.54, 1.807) is 31.1 Å². The normalized spacial score (nSPS) is 24.1. The van der Waals surface area contributed by atoms with Crippen molar-refractivity contribution in [2.45, 2.75) is 76.7 Å². The standard InChI is InChI=1S/C37H59FN6O4S2/c1-30-26-42(49(45,46)36-16-14-35(15-17-36)39(4)5)21-9-19-40(29-33-11-7-6-8-12-33)20-10-22-43(27-30)50(47,48)44-24-23-41(28-32(44)3)37-18-13-34(38)25-31(37)2/h13-18,25,30,32-33H,6-12,19-24,26-29H2,1-5H3/t30-,32-/m0/s1. The first-order chi connectivity index (χ1) is 23.8. The number of aryl methyl sites for hydroxylation is 1. The van der Waals surface area contributed by atoms with Gasteiger partial charge in [0.05, 0.1) is 4.90 Å². The quantitative estimate of drug-likeness (QED) is 0.366. The molecule has 13 heteroatoms. The van der Waals surface area contributed by atoms with E-state index in [-0.39, 0.29) is 35.8 Å². The second kappa shape index (κ2) is 17.0. The van der Waals surface area contributed by atoms with Crippen LogP contribution in [0.25, 0.3) is 0 Å². The number of rotatable bonds is 8. The van der Waals surface area contributed by atoms with Crippen molar-refractivity contribution >= 4 is 31.6 Å². The summed E-state index contributed by atoms with van der Waals surface area (Å²) in [5, 5.41) is 0. The van der Waals surface area contributed by atoms with Gasteiger partial charge in [-0.25, -0.2) is 12.8 Å². The summed E-state index contributed by atoms with van der Waals surface area (Å²) in [5.41, 5.74) is 2.68. The molecule has 0 N–H and O–H groups in total. The molecular formula is C37H59FN6O4S2. The molecule has 2 aliphatic heterocycles. The van der Waals surface area contributed by atoms with Crippen molar-refractivity contribution in [1.82, 2.24) is 17.8 Å². The van der Waals surface area contributed by atoms with Gasteiger partial charge in [0.25, 0.3) is 10.2 Å². The number of anilines is 2. The van der Waals surface area contributed by atoms with Gasteiger partial charge in [-0.05, 0) is 112 Å². The minimum atomic E-state index is -3.85. The molecule has 2 saturated heterocycles. The van der Waals surface area contributed by atoms with E-state index in [9.17, 15) is 21.2 Å². The molecule has 1 saturated carbocycles. The van der Waals surface area contributed by atoms with Crippen molar-refractivity contribution in [2.75, 3.05) is 89.3 Å². The van der Waals surface area contributed by atoms with Crippen LogP contribution in [0, 0.1) is 24.6 Å². The number of sulfonamides is 1. The number of nitrogens with zero attached hydrogens (tertiary/aromatic N) is 6. The van der Waals surface area contributed by atoms with Gasteiger partial charge in [-0.3, -0.25) is 0 Å². The van der Waals surface area contributed by atoms with Crippen molar-refractivity contribution in [3.8, 4) is 0 Å². The lowest BCUT2D eigenvalue weighted by molar-refractivity contribution is 0.178. The van der Waals surface area contributed by atoms with E-state index in [1.165, 1.54) is 44.2 Å². The molecule has 0 aromatic heterocycles. The molecule has 0 spiro atoms. The molecule has 10 nitrogen and oxygen atoms in total. The fourth-order valence-electron chi connectivity index (χ4n) is 8.02. The molecule has 0 amide bonds. The first-order valence-electron chi connectivity index (χ1n) is 18.5. The van der Waals surface area contributed by atoms with Crippen molar-refractivity contribution in [3.05, 3.63) is 53.8 Å². The first kappa shape index (κ1) is 38.9. The molecule has 280 valence electrons. The van der Waals surface area contributed by atoms with Gasteiger partial charge >= 0.3 is 0 Å². The first-order valence-corrected chi connectivity index (χ1v) is 21.4. The maximum absolute atomic E-state index is 14.5. The Hall–Kier alpha value is -2.29. The van der Waals surface area contributed by atoms with E-state index in [0.29, 0.717) is 38.6 Å². The summed E-state index contributed by atoms with van der Waals surface area (Å²) in [4.78, 5) is 6.79. The fourth-order valence-corrected chi connectivity index (χ4v) is 11.6. The third-order valence-electron chi connectivity index (χ3n) is 10.7. The lowest BCUT2D eigenvalue weighted by atomic mass is 9.89. The van der Waals surface area contributed by atoms with Crippen LogP contribution >= 0.6 is 0 Å². The van der Waals surface area contributed by atoms with Crippen molar-refractivity contribution in [1.29, 1.82) is 0 Å². The Morgan fingerprint density at radius 2 is 1.40 bits per heavy atom. The lowest BCUT2D eigenvalue weighted by Gasteiger charge is -2.43. The molecule has 0 bridgehead atoms. The smallest absolute Gasteiger partial charge is 0.282 e. The topological polar surface area (TPSA) is 87.7 Å². The van der Waals surface area contributed by atoms with E-state index < -0.39 is 20.2 Å². The highest BCUT2D eigenvalue weighted by Crippen LogP contribution is 2.28. The highest BCUT2D eigenvalue weighted by atomic mass is 32.2. The second-order valence-electron chi connectivity index (χ2n) is 15.1. The van der Waals surface area contributed by atoms with Gasteiger partial charge in [0.2, 0.25) is 10.0 Å². The number of benzene rings is 2. The summed E-state index contributed by atoms with van der Waals surface area (Å²) in [7, 11) is -3.81. The Morgan fingerprint density at radius 3 is 2.02 bits per heavy atom. The van der Waals surface area contributed by atoms with Gasteiger partial charge in [-0.15, -0.1) is 0 Å². The number of hydrogen-bond acceptors (Lipinski definition) is 7. The third-order valence-corrected chi connectivity index (χ3v) is 14.7. The number of piperazine rings is 1. The van der Waals surface area contributed by atoms with Crippen LogP contribution < -0.4 is 9.80 Å². The SMILES string of the molecule is Cc1cc(F)ccc1N1CCN(S(=O)(=O)N2CCCN(CC3CCCCC3)CCCN(S(=O)(=O)c3ccc(N(C)C)cc3)C[C@H](C)C2)[C@@H](C)C1. The predicted molar refractivity (Wildman–Crippen MR) is 201 cm³/mol. The average molecular weight is 735 g/mol. The van der Waals surface area contributed by atoms with Crippen LogP contribution in [0.1, 0.15) is 64.4 Å². The zero-order valence-corrected chi connectivity index (χ0v) is 32.4. The predicted octanol–water partition coefficient (Wildman–Crippen LogP) is 5.26. The Bertz CT molecular complexity index is 1620. The zero-order valence-electron chi connectivity index (χ0n) is 30.8. The molecule has 3 fully saturated rings. The Labute approximate surface area is 301 Å². The molecule has 0 radical (unpaired) electrons. The van der Waals surface area contributed by atoms with E-state index in [0.717, 1.165) is 49.4 Å². The molecule has 1 aliphatic carbocycles. The molecular weight excluding hydrogens is 676 g/mol. The van der Waals surface area contributed by atoms with E-state index >= 15 is 0 Å². The summed E-state index contributed by atoms with van der Waals surface area (Å²) >= 11 is 0. The summed E-state index contributed by atoms with van der Waals surface area (Å²) in [5.74, 6) is 0.126. The van der Waals surface area contributed by atoms with Crippen LogP contribution in [0.5, 0.6) is 0 Å². The summed E-state index contributed by atoms with van der Waals surface area (Å²) < 4.78 is 75.8. The summed E-state index contributed by atoms with van der Waals surface area (Å²) in [6, 6.07) is 11.4.